The van der Waals surface area contributed by atoms with Crippen molar-refractivity contribution in [2.45, 2.75) is 6.92 Å². The van der Waals surface area contributed by atoms with Crippen LogP contribution in [0.2, 0.25) is 0 Å². The number of nitrogens with zero attached hydrogens (tertiary/aromatic N) is 3. The van der Waals surface area contributed by atoms with Gasteiger partial charge in [-0.3, -0.25) is 14.8 Å². The summed E-state index contributed by atoms with van der Waals surface area (Å²) in [7, 11) is 1.56. The van der Waals surface area contributed by atoms with Crippen molar-refractivity contribution in [3.05, 3.63) is 41.2 Å². The topological polar surface area (TPSA) is 97.1 Å². The fourth-order valence-corrected chi connectivity index (χ4v) is 3.05. The Labute approximate surface area is 129 Å². The van der Waals surface area contributed by atoms with Gasteiger partial charge in [-0.1, -0.05) is 23.5 Å². The number of aromatic carboxylic acids is 1. The van der Waals surface area contributed by atoms with Crippen LogP contribution < -0.4 is 5.32 Å². The summed E-state index contributed by atoms with van der Waals surface area (Å²) in [4.78, 5) is 27.7. The summed E-state index contributed by atoms with van der Waals surface area (Å²) in [6.07, 6.45) is 1.29. The lowest BCUT2D eigenvalue weighted by molar-refractivity contribution is 0.0692. The maximum atomic E-state index is 12.2. The molecule has 8 heteroatoms. The molecule has 112 valence electrons. The molecule has 0 spiro atoms. The summed E-state index contributed by atoms with van der Waals surface area (Å²) in [5.41, 5.74) is 1.56. The number of carboxylic acid groups (broad SMARTS) is 1. The molecule has 2 heterocycles. The molecule has 1 aromatic carbocycles. The number of rotatable bonds is 3. The molecule has 0 radical (unpaired) electrons. The van der Waals surface area contributed by atoms with Crippen LogP contribution >= 0.6 is 11.3 Å². The van der Waals surface area contributed by atoms with Gasteiger partial charge in [0, 0.05) is 13.2 Å². The number of amides is 1. The monoisotopic (exact) mass is 316 g/mol. The maximum Gasteiger partial charge on any atom is 0.339 e. The number of aromatic nitrogens is 3. The second kappa shape index (κ2) is 5.23. The Bertz CT molecular complexity index is 897. The van der Waals surface area contributed by atoms with Gasteiger partial charge in [-0.15, -0.1) is 0 Å². The van der Waals surface area contributed by atoms with Crippen molar-refractivity contribution in [3.8, 4) is 0 Å². The number of anilines is 1. The smallest absolute Gasteiger partial charge is 0.339 e. The number of hydrogen-bond donors (Lipinski definition) is 2. The van der Waals surface area contributed by atoms with Crippen LogP contribution in [0.25, 0.3) is 10.2 Å². The SMILES string of the molecule is Cc1cccc2sc(NC(=O)c3nn(C)cc3C(=O)O)nc12. The normalized spacial score (nSPS) is 10.8. The zero-order valence-electron chi connectivity index (χ0n) is 11.8. The van der Waals surface area contributed by atoms with Crippen molar-refractivity contribution >= 4 is 38.6 Å². The number of fused-ring (bicyclic) bond motifs is 1. The van der Waals surface area contributed by atoms with Gasteiger partial charge >= 0.3 is 5.97 Å². The van der Waals surface area contributed by atoms with Gasteiger partial charge in [0.15, 0.2) is 10.8 Å². The first kappa shape index (κ1) is 14.2. The largest absolute Gasteiger partial charge is 0.478 e. The molecule has 22 heavy (non-hydrogen) atoms. The molecule has 0 unspecified atom stereocenters. The predicted molar refractivity (Wildman–Crippen MR) is 82.5 cm³/mol. The van der Waals surface area contributed by atoms with Gasteiger partial charge in [-0.05, 0) is 18.6 Å². The fourth-order valence-electron chi connectivity index (χ4n) is 2.11. The van der Waals surface area contributed by atoms with Gasteiger partial charge in [0.25, 0.3) is 5.91 Å². The number of para-hydroxylation sites is 1. The summed E-state index contributed by atoms with van der Waals surface area (Å²) in [6.45, 7) is 1.94. The Morgan fingerprint density at radius 2 is 2.14 bits per heavy atom. The van der Waals surface area contributed by atoms with Crippen molar-refractivity contribution in [2.24, 2.45) is 7.05 Å². The Morgan fingerprint density at radius 1 is 1.36 bits per heavy atom. The van der Waals surface area contributed by atoms with Crippen LogP contribution in [0.3, 0.4) is 0 Å². The van der Waals surface area contributed by atoms with Gasteiger partial charge in [0.2, 0.25) is 0 Å². The Balaban J connectivity index is 1.93. The molecule has 0 saturated heterocycles. The highest BCUT2D eigenvalue weighted by atomic mass is 32.1. The lowest BCUT2D eigenvalue weighted by atomic mass is 10.2. The van der Waals surface area contributed by atoms with Crippen LogP contribution in [0.4, 0.5) is 5.13 Å². The molecule has 2 aromatic heterocycles. The molecule has 1 amide bonds. The van der Waals surface area contributed by atoms with E-state index in [9.17, 15) is 9.59 Å². The van der Waals surface area contributed by atoms with Crippen molar-refractivity contribution in [2.75, 3.05) is 5.32 Å². The molecule has 0 aliphatic carbocycles. The number of carboxylic acids is 1. The average molecular weight is 316 g/mol. The number of carbonyl (C=O) groups excluding carboxylic acids is 1. The van der Waals surface area contributed by atoms with Gasteiger partial charge in [0.1, 0.15) is 5.56 Å². The van der Waals surface area contributed by atoms with E-state index in [2.05, 4.69) is 15.4 Å². The number of nitrogens with one attached hydrogen (secondary N) is 1. The second-order valence-corrected chi connectivity index (χ2v) is 5.80. The van der Waals surface area contributed by atoms with Crippen LogP contribution in [0.1, 0.15) is 26.4 Å². The minimum atomic E-state index is -1.20. The summed E-state index contributed by atoms with van der Waals surface area (Å²) < 4.78 is 2.25. The molecule has 0 fully saturated rings. The minimum absolute atomic E-state index is 0.133. The van der Waals surface area contributed by atoms with Crippen molar-refractivity contribution in [1.82, 2.24) is 14.8 Å². The first-order chi connectivity index (χ1) is 10.5. The second-order valence-electron chi connectivity index (χ2n) is 4.76. The van der Waals surface area contributed by atoms with Crippen LogP contribution in [0.15, 0.2) is 24.4 Å². The molecular weight excluding hydrogens is 304 g/mol. The summed E-state index contributed by atoms with van der Waals surface area (Å²) in [5, 5.41) is 16.0. The Hall–Kier alpha value is -2.74. The Kier molecular flexibility index (Phi) is 3.38. The molecule has 2 N–H and O–H groups in total. The molecule has 0 saturated carbocycles. The van der Waals surface area contributed by atoms with Crippen molar-refractivity contribution < 1.29 is 14.7 Å². The summed E-state index contributed by atoms with van der Waals surface area (Å²) in [6, 6.07) is 5.77. The first-order valence-electron chi connectivity index (χ1n) is 6.40. The van der Waals surface area contributed by atoms with Crippen LogP contribution in [0, 0.1) is 6.92 Å². The summed E-state index contributed by atoms with van der Waals surface area (Å²) in [5.74, 6) is -1.78. The fraction of sp³-hybridized carbons (Fsp3) is 0.143. The van der Waals surface area contributed by atoms with E-state index in [0.29, 0.717) is 5.13 Å². The quantitative estimate of drug-likeness (QED) is 0.772. The van der Waals surface area contributed by atoms with Gasteiger partial charge in [-0.2, -0.15) is 5.10 Å². The molecule has 0 aliphatic rings. The lowest BCUT2D eigenvalue weighted by Gasteiger charge is -1.99. The lowest BCUT2D eigenvalue weighted by Crippen LogP contribution is -2.16. The maximum absolute atomic E-state index is 12.2. The van der Waals surface area contributed by atoms with E-state index in [1.54, 1.807) is 7.05 Å². The summed E-state index contributed by atoms with van der Waals surface area (Å²) >= 11 is 1.33. The van der Waals surface area contributed by atoms with Gasteiger partial charge < -0.3 is 5.11 Å². The number of thiazole rings is 1. The molecule has 3 rings (SSSR count). The third-order valence-corrected chi connectivity index (χ3v) is 4.05. The zero-order valence-corrected chi connectivity index (χ0v) is 12.6. The highest BCUT2D eigenvalue weighted by molar-refractivity contribution is 7.22. The van der Waals surface area contributed by atoms with E-state index in [1.807, 2.05) is 25.1 Å². The highest BCUT2D eigenvalue weighted by Crippen LogP contribution is 2.28. The molecule has 0 aliphatic heterocycles. The number of hydrogen-bond acceptors (Lipinski definition) is 5. The number of carbonyl (C=O) groups is 2. The predicted octanol–water partition coefficient (Wildman–Crippen LogP) is 2.29. The van der Waals surface area contributed by atoms with E-state index in [4.69, 9.17) is 5.11 Å². The third-order valence-electron chi connectivity index (χ3n) is 3.12. The standard InChI is InChI=1S/C14H12N4O3S/c1-7-4-3-5-9-10(7)15-14(22-9)16-12(19)11-8(13(20)21)6-18(2)17-11/h3-6H,1-2H3,(H,20,21)(H,15,16,19). The van der Waals surface area contributed by atoms with Crippen molar-refractivity contribution in [1.29, 1.82) is 0 Å². The highest BCUT2D eigenvalue weighted by Gasteiger charge is 2.22. The van der Waals surface area contributed by atoms with E-state index in [-0.39, 0.29) is 11.3 Å². The van der Waals surface area contributed by atoms with E-state index >= 15 is 0 Å². The molecular formula is C14H12N4O3S. The van der Waals surface area contributed by atoms with Gasteiger partial charge in [0.05, 0.1) is 10.2 Å². The molecule has 0 atom stereocenters. The molecule has 0 bridgehead atoms. The van der Waals surface area contributed by atoms with Crippen LogP contribution in [0.5, 0.6) is 0 Å². The van der Waals surface area contributed by atoms with Crippen LogP contribution in [-0.4, -0.2) is 31.7 Å². The minimum Gasteiger partial charge on any atom is -0.478 e. The van der Waals surface area contributed by atoms with Crippen molar-refractivity contribution in [3.63, 3.8) is 0 Å². The number of benzene rings is 1. The molecule has 3 aromatic rings. The van der Waals surface area contributed by atoms with Crippen LogP contribution in [-0.2, 0) is 7.05 Å². The third kappa shape index (κ3) is 2.44. The van der Waals surface area contributed by atoms with E-state index in [1.165, 1.54) is 22.2 Å². The molecule has 7 nitrogen and oxygen atoms in total. The Morgan fingerprint density at radius 3 is 2.82 bits per heavy atom. The zero-order chi connectivity index (χ0) is 15.9. The van der Waals surface area contributed by atoms with Gasteiger partial charge in [-0.25, -0.2) is 9.78 Å². The average Bonchev–Trinajstić information content (AvgIpc) is 3.03. The van der Waals surface area contributed by atoms with E-state index in [0.717, 1.165) is 15.8 Å². The number of aryl methyl sites for hydroxylation is 2. The first-order valence-corrected chi connectivity index (χ1v) is 7.22. The van der Waals surface area contributed by atoms with E-state index < -0.39 is 11.9 Å².